The van der Waals surface area contributed by atoms with E-state index in [-0.39, 0.29) is 0 Å². The zero-order valence-electron chi connectivity index (χ0n) is 19.5. The summed E-state index contributed by atoms with van der Waals surface area (Å²) in [7, 11) is 0. The van der Waals surface area contributed by atoms with Crippen molar-refractivity contribution in [3.05, 3.63) is 150 Å². The Hall–Kier alpha value is -3.84. The van der Waals surface area contributed by atoms with Gasteiger partial charge in [0.1, 0.15) is 0 Å². The SMILES string of the molecule is CCN(CC)c1ccc(C(=CC=C(c2ccccc2)c2ccccc2)c2ccccc2)cc1. The molecule has 0 aromatic heterocycles. The van der Waals surface area contributed by atoms with Crippen LogP contribution in [0.3, 0.4) is 0 Å². The number of anilines is 1. The van der Waals surface area contributed by atoms with E-state index in [0.717, 1.165) is 13.1 Å². The Bertz CT molecular complexity index is 1140. The maximum atomic E-state index is 2.37. The maximum absolute atomic E-state index is 2.37. The van der Waals surface area contributed by atoms with E-state index >= 15 is 0 Å². The van der Waals surface area contributed by atoms with Crippen molar-refractivity contribution in [1.82, 2.24) is 0 Å². The number of allylic oxidation sites excluding steroid dienone is 2. The van der Waals surface area contributed by atoms with E-state index in [0.29, 0.717) is 0 Å². The van der Waals surface area contributed by atoms with Gasteiger partial charge in [-0.1, -0.05) is 115 Å². The summed E-state index contributed by atoms with van der Waals surface area (Å²) in [6.07, 6.45) is 4.52. The summed E-state index contributed by atoms with van der Waals surface area (Å²) in [5.74, 6) is 0. The Labute approximate surface area is 198 Å². The molecule has 0 bridgehead atoms. The fraction of sp³-hybridized carbons (Fsp3) is 0.125. The van der Waals surface area contributed by atoms with Crippen molar-refractivity contribution in [3.63, 3.8) is 0 Å². The van der Waals surface area contributed by atoms with Crippen LogP contribution in [0.15, 0.2) is 127 Å². The molecule has 4 rings (SSSR count). The first-order valence-electron chi connectivity index (χ1n) is 11.7. The second kappa shape index (κ2) is 11.2. The minimum absolute atomic E-state index is 1.01. The lowest BCUT2D eigenvalue weighted by molar-refractivity contribution is 0.866. The third kappa shape index (κ3) is 5.51. The van der Waals surface area contributed by atoms with E-state index in [4.69, 9.17) is 0 Å². The Morgan fingerprint density at radius 3 is 1.15 bits per heavy atom. The van der Waals surface area contributed by atoms with Gasteiger partial charge in [0.05, 0.1) is 0 Å². The van der Waals surface area contributed by atoms with Crippen LogP contribution < -0.4 is 4.90 Å². The third-order valence-electron chi connectivity index (χ3n) is 5.98. The molecule has 0 heterocycles. The summed E-state index contributed by atoms with van der Waals surface area (Å²) < 4.78 is 0. The van der Waals surface area contributed by atoms with Crippen molar-refractivity contribution in [1.29, 1.82) is 0 Å². The molecule has 0 radical (unpaired) electrons. The fourth-order valence-electron chi connectivity index (χ4n) is 4.18. The molecule has 0 amide bonds. The highest BCUT2D eigenvalue weighted by Gasteiger charge is 2.08. The predicted molar refractivity (Wildman–Crippen MR) is 143 cm³/mol. The summed E-state index contributed by atoms with van der Waals surface area (Å²) in [4.78, 5) is 2.37. The van der Waals surface area contributed by atoms with Crippen LogP contribution in [0.25, 0.3) is 11.1 Å². The van der Waals surface area contributed by atoms with Gasteiger partial charge in [-0.15, -0.1) is 0 Å². The number of rotatable bonds is 8. The smallest absolute Gasteiger partial charge is 0.0366 e. The monoisotopic (exact) mass is 429 g/mol. The van der Waals surface area contributed by atoms with Gasteiger partial charge in [-0.3, -0.25) is 0 Å². The zero-order valence-corrected chi connectivity index (χ0v) is 19.5. The highest BCUT2D eigenvalue weighted by atomic mass is 15.1. The molecule has 1 heteroatoms. The lowest BCUT2D eigenvalue weighted by Gasteiger charge is -2.21. The lowest BCUT2D eigenvalue weighted by atomic mass is 9.94. The molecule has 0 saturated heterocycles. The molecule has 0 unspecified atom stereocenters. The number of hydrogen-bond donors (Lipinski definition) is 0. The number of nitrogens with zero attached hydrogens (tertiary/aromatic N) is 1. The molecule has 4 aromatic carbocycles. The van der Waals surface area contributed by atoms with E-state index in [9.17, 15) is 0 Å². The minimum atomic E-state index is 1.01. The third-order valence-corrected chi connectivity index (χ3v) is 5.98. The zero-order chi connectivity index (χ0) is 22.9. The van der Waals surface area contributed by atoms with Crippen LogP contribution in [0, 0.1) is 0 Å². The summed E-state index contributed by atoms with van der Waals surface area (Å²) in [6, 6.07) is 40.8. The van der Waals surface area contributed by atoms with Gasteiger partial charge in [-0.25, -0.2) is 0 Å². The van der Waals surface area contributed by atoms with E-state index < -0.39 is 0 Å². The molecule has 0 N–H and O–H groups in total. The molecule has 1 nitrogen and oxygen atoms in total. The molecule has 33 heavy (non-hydrogen) atoms. The fourth-order valence-corrected chi connectivity index (χ4v) is 4.18. The van der Waals surface area contributed by atoms with Gasteiger partial charge in [-0.05, 0) is 59.4 Å². The van der Waals surface area contributed by atoms with Gasteiger partial charge >= 0.3 is 0 Å². The molecular weight excluding hydrogens is 398 g/mol. The lowest BCUT2D eigenvalue weighted by Crippen LogP contribution is -2.21. The van der Waals surface area contributed by atoms with Gasteiger partial charge < -0.3 is 4.90 Å². The molecule has 0 aliphatic carbocycles. The predicted octanol–water partition coefficient (Wildman–Crippen LogP) is 8.10. The standard InChI is InChI=1S/C32H31N/c1-3-33(4-2)30-22-20-29(21-23-30)32(28-18-12-7-13-19-28)25-24-31(26-14-8-5-9-15-26)27-16-10-6-11-17-27/h5-25H,3-4H2,1-2H3. The normalized spacial score (nSPS) is 11.2. The summed E-state index contributed by atoms with van der Waals surface area (Å²) in [5.41, 5.74) is 8.54. The second-order valence-electron chi connectivity index (χ2n) is 7.98. The van der Waals surface area contributed by atoms with Crippen LogP contribution in [0.4, 0.5) is 5.69 Å². The van der Waals surface area contributed by atoms with Crippen LogP contribution in [0.2, 0.25) is 0 Å². The molecule has 0 fully saturated rings. The average Bonchev–Trinajstić information content (AvgIpc) is 2.89. The molecule has 0 atom stereocenters. The number of benzene rings is 4. The molecular formula is C32H31N. The van der Waals surface area contributed by atoms with E-state index in [1.54, 1.807) is 0 Å². The first kappa shape index (κ1) is 22.4. The van der Waals surface area contributed by atoms with Crippen molar-refractivity contribution >= 4 is 16.8 Å². The summed E-state index contributed by atoms with van der Waals surface area (Å²) in [5, 5.41) is 0. The highest BCUT2D eigenvalue weighted by molar-refractivity contribution is 5.86. The van der Waals surface area contributed by atoms with Gasteiger partial charge in [0.15, 0.2) is 0 Å². The first-order valence-corrected chi connectivity index (χ1v) is 11.7. The van der Waals surface area contributed by atoms with Crippen LogP contribution in [-0.4, -0.2) is 13.1 Å². The highest BCUT2D eigenvalue weighted by Crippen LogP contribution is 2.29. The maximum Gasteiger partial charge on any atom is 0.0366 e. The summed E-state index contributed by atoms with van der Waals surface area (Å²) >= 11 is 0. The van der Waals surface area contributed by atoms with Crippen LogP contribution >= 0.6 is 0 Å². The van der Waals surface area contributed by atoms with Crippen molar-refractivity contribution in [2.75, 3.05) is 18.0 Å². The Balaban J connectivity index is 1.82. The molecule has 0 saturated carbocycles. The molecule has 4 aromatic rings. The topological polar surface area (TPSA) is 3.24 Å². The molecule has 0 spiro atoms. The molecule has 0 aliphatic heterocycles. The van der Waals surface area contributed by atoms with Crippen LogP contribution in [0.1, 0.15) is 36.1 Å². The van der Waals surface area contributed by atoms with Gasteiger partial charge in [0.25, 0.3) is 0 Å². The Morgan fingerprint density at radius 2 is 0.818 bits per heavy atom. The van der Waals surface area contributed by atoms with Crippen molar-refractivity contribution in [2.24, 2.45) is 0 Å². The quantitative estimate of drug-likeness (QED) is 0.256. The van der Waals surface area contributed by atoms with Crippen molar-refractivity contribution < 1.29 is 0 Å². The van der Waals surface area contributed by atoms with Crippen LogP contribution in [0.5, 0.6) is 0 Å². The van der Waals surface area contributed by atoms with Crippen molar-refractivity contribution in [3.8, 4) is 0 Å². The Morgan fingerprint density at radius 1 is 0.485 bits per heavy atom. The molecule has 0 aliphatic rings. The average molecular weight is 430 g/mol. The van der Waals surface area contributed by atoms with E-state index in [1.807, 2.05) is 0 Å². The van der Waals surface area contributed by atoms with Gasteiger partial charge in [0.2, 0.25) is 0 Å². The second-order valence-corrected chi connectivity index (χ2v) is 7.98. The largest absolute Gasteiger partial charge is 0.372 e. The number of hydrogen-bond acceptors (Lipinski definition) is 1. The van der Waals surface area contributed by atoms with Crippen molar-refractivity contribution in [2.45, 2.75) is 13.8 Å². The molecule has 164 valence electrons. The van der Waals surface area contributed by atoms with E-state index in [1.165, 1.54) is 39.1 Å². The van der Waals surface area contributed by atoms with E-state index in [2.05, 4.69) is 146 Å². The minimum Gasteiger partial charge on any atom is -0.372 e. The first-order chi connectivity index (χ1) is 16.3. The van der Waals surface area contributed by atoms with Crippen LogP contribution in [-0.2, 0) is 0 Å². The summed E-state index contributed by atoms with van der Waals surface area (Å²) in [6.45, 7) is 6.42. The Kier molecular flexibility index (Phi) is 7.56. The van der Waals surface area contributed by atoms with Gasteiger partial charge in [-0.2, -0.15) is 0 Å². The van der Waals surface area contributed by atoms with Gasteiger partial charge in [0, 0.05) is 18.8 Å².